The molecule has 2 atom stereocenters. The Morgan fingerprint density at radius 1 is 0.429 bits per heavy atom. The topological polar surface area (TPSA) is 83.1 Å². The van der Waals surface area contributed by atoms with Crippen molar-refractivity contribution < 1.29 is 42.6 Å². The van der Waals surface area contributed by atoms with Crippen LogP contribution in [-0.4, -0.2) is 131 Å². The minimum Gasteiger partial charge on any atom is -0.376 e. The maximum atomic E-state index is 6.80. The number of rotatable bonds is 26. The normalized spacial score (nSPS) is 15.4. The molecule has 0 spiro atoms. The molecule has 9 nitrogen and oxygen atoms in total. The van der Waals surface area contributed by atoms with Gasteiger partial charge in [0.15, 0.2) is 0 Å². The monoisotopic (exact) mass is 574 g/mol. The SMILES string of the molecule is COC(OC)[SiH2]CCCC(C[SiH2]C(OC)OC)OC(CCC[SiH2]C(OC)OC)C[SiH2]C(OC)OC. The molecule has 0 saturated carbocycles. The van der Waals surface area contributed by atoms with Crippen molar-refractivity contribution in [2.45, 2.75) is 85.7 Å². The average molecular weight is 575 g/mol. The van der Waals surface area contributed by atoms with Gasteiger partial charge in [0.25, 0.3) is 0 Å². The third-order valence-corrected chi connectivity index (χ3v) is 14.7. The van der Waals surface area contributed by atoms with Crippen LogP contribution in [0.2, 0.25) is 24.2 Å². The van der Waals surface area contributed by atoms with Gasteiger partial charge in [-0.05, 0) is 24.9 Å². The van der Waals surface area contributed by atoms with E-state index in [-0.39, 0.29) is 35.9 Å². The Morgan fingerprint density at radius 3 is 1.00 bits per heavy atom. The van der Waals surface area contributed by atoms with E-state index in [1.54, 1.807) is 56.9 Å². The second-order valence-electron chi connectivity index (χ2n) is 8.71. The van der Waals surface area contributed by atoms with E-state index in [1.807, 2.05) is 0 Å². The molecule has 0 aliphatic carbocycles. The summed E-state index contributed by atoms with van der Waals surface area (Å²) in [6, 6.07) is 4.46. The molecule has 0 aliphatic rings. The Labute approximate surface area is 223 Å². The summed E-state index contributed by atoms with van der Waals surface area (Å²) in [5, 5.41) is 0. The first kappa shape index (κ1) is 35.5. The average Bonchev–Trinajstić information content (AvgIpc) is 2.89. The predicted octanol–water partition coefficient (Wildman–Crippen LogP) is -0.0454. The van der Waals surface area contributed by atoms with E-state index in [2.05, 4.69) is 0 Å². The Balaban J connectivity index is 5.02. The molecule has 13 heteroatoms. The lowest BCUT2D eigenvalue weighted by atomic mass is 10.2. The molecule has 35 heavy (non-hydrogen) atoms. The van der Waals surface area contributed by atoms with Gasteiger partial charge in [0, 0.05) is 56.9 Å². The van der Waals surface area contributed by atoms with Gasteiger partial charge in [0.1, 0.15) is 23.7 Å². The third-order valence-electron chi connectivity index (χ3n) is 6.37. The standard InChI is InChI=1S/C22H54O9Si4/c1-23-19(24-2)32-13-9-11-17(15-34-21(27-5)28-6)31-18(16-35-22(29-7)30-8)12-10-14-33-20(25-3)26-4/h17-22H,9-16,32-35H2,1-8H3. The third kappa shape index (κ3) is 18.4. The van der Waals surface area contributed by atoms with Crippen LogP contribution in [0.25, 0.3) is 0 Å². The van der Waals surface area contributed by atoms with Crippen molar-refractivity contribution in [2.75, 3.05) is 56.9 Å². The predicted molar refractivity (Wildman–Crippen MR) is 152 cm³/mol. The van der Waals surface area contributed by atoms with Gasteiger partial charge < -0.3 is 42.6 Å². The molecule has 0 rings (SSSR count). The number of methoxy groups -OCH3 is 8. The van der Waals surface area contributed by atoms with Crippen LogP contribution in [-0.2, 0) is 42.6 Å². The highest BCUT2D eigenvalue weighted by Crippen LogP contribution is 2.20. The molecule has 0 aromatic carbocycles. The summed E-state index contributed by atoms with van der Waals surface area (Å²) < 4.78 is 50.3. The van der Waals surface area contributed by atoms with Gasteiger partial charge in [0.05, 0.1) is 50.3 Å². The molecule has 0 saturated heterocycles. The van der Waals surface area contributed by atoms with E-state index in [4.69, 9.17) is 42.6 Å². The summed E-state index contributed by atoms with van der Waals surface area (Å²) in [5.41, 5.74) is 0. The van der Waals surface area contributed by atoms with Gasteiger partial charge in [-0.25, -0.2) is 0 Å². The smallest absolute Gasteiger partial charge is 0.134 e. The fraction of sp³-hybridized carbons (Fsp3) is 1.00. The Morgan fingerprint density at radius 2 is 0.714 bits per heavy atom. The summed E-state index contributed by atoms with van der Waals surface area (Å²) >= 11 is 0. The number of hydrogen-bond acceptors (Lipinski definition) is 9. The second kappa shape index (κ2) is 24.8. The summed E-state index contributed by atoms with van der Waals surface area (Å²) in [7, 11) is 11.8. The second-order valence-corrected chi connectivity index (χ2v) is 16.3. The van der Waals surface area contributed by atoms with Crippen LogP contribution in [0.5, 0.6) is 0 Å². The zero-order valence-electron chi connectivity index (χ0n) is 23.6. The molecule has 0 amide bonds. The first-order valence-electron chi connectivity index (χ1n) is 12.9. The highest BCUT2D eigenvalue weighted by molar-refractivity contribution is 6.37. The summed E-state index contributed by atoms with van der Waals surface area (Å²) in [6.07, 6.45) is 4.85. The highest BCUT2D eigenvalue weighted by Gasteiger charge is 2.21. The first-order chi connectivity index (χ1) is 17.0. The molecule has 2 unspecified atom stereocenters. The van der Waals surface area contributed by atoms with Crippen LogP contribution < -0.4 is 0 Å². The van der Waals surface area contributed by atoms with Gasteiger partial charge in [-0.3, -0.25) is 0 Å². The molecule has 0 fully saturated rings. The first-order valence-corrected chi connectivity index (χ1v) is 20.2. The molecule has 0 bridgehead atoms. The largest absolute Gasteiger partial charge is 0.376 e. The molecule has 0 aromatic heterocycles. The number of ether oxygens (including phenoxy) is 9. The van der Waals surface area contributed by atoms with Crippen molar-refractivity contribution in [2.24, 2.45) is 0 Å². The molecule has 0 heterocycles. The Bertz CT molecular complexity index is 403. The molecule has 0 N–H and O–H groups in total. The maximum Gasteiger partial charge on any atom is 0.134 e. The van der Waals surface area contributed by atoms with Crippen molar-refractivity contribution in [3.05, 3.63) is 0 Å². The Kier molecular flexibility index (Phi) is 25.2. The highest BCUT2D eigenvalue weighted by atomic mass is 28.2. The quantitative estimate of drug-likeness (QED) is 0.0803. The molecule has 0 aliphatic heterocycles. The van der Waals surface area contributed by atoms with Gasteiger partial charge in [-0.15, -0.1) is 0 Å². The summed E-state index contributed by atoms with van der Waals surface area (Å²) in [4.78, 5) is 0. The van der Waals surface area contributed by atoms with Crippen LogP contribution in [0.1, 0.15) is 25.7 Å². The van der Waals surface area contributed by atoms with Crippen molar-refractivity contribution in [1.82, 2.24) is 0 Å². The van der Waals surface area contributed by atoms with Crippen molar-refractivity contribution in [3.8, 4) is 0 Å². The van der Waals surface area contributed by atoms with E-state index >= 15 is 0 Å². The van der Waals surface area contributed by atoms with Crippen LogP contribution in [0.15, 0.2) is 0 Å². The van der Waals surface area contributed by atoms with Crippen molar-refractivity contribution in [3.63, 3.8) is 0 Å². The summed E-state index contributed by atoms with van der Waals surface area (Å²) in [5.74, 6) is -0.124. The van der Waals surface area contributed by atoms with Crippen molar-refractivity contribution >= 4 is 38.1 Å². The van der Waals surface area contributed by atoms with Crippen molar-refractivity contribution in [1.29, 1.82) is 0 Å². The van der Waals surface area contributed by atoms with E-state index in [0.717, 1.165) is 37.8 Å². The van der Waals surface area contributed by atoms with E-state index < -0.39 is 38.1 Å². The van der Waals surface area contributed by atoms with Gasteiger partial charge in [-0.2, -0.15) is 0 Å². The molecular formula is C22H54O9Si4. The van der Waals surface area contributed by atoms with E-state index in [9.17, 15) is 0 Å². The van der Waals surface area contributed by atoms with Gasteiger partial charge in [-0.1, -0.05) is 24.9 Å². The zero-order valence-corrected chi connectivity index (χ0v) is 29.3. The van der Waals surface area contributed by atoms with E-state index in [1.165, 1.54) is 12.1 Å². The minimum absolute atomic E-state index is 0.000990. The minimum atomic E-state index is -0.575. The fourth-order valence-electron chi connectivity index (χ4n) is 4.17. The van der Waals surface area contributed by atoms with Crippen LogP contribution in [0.4, 0.5) is 0 Å². The Hall–Kier alpha value is 0.508. The molecule has 0 aromatic rings. The number of hydrogen-bond donors (Lipinski definition) is 0. The molecule has 0 radical (unpaired) electrons. The molecule has 212 valence electrons. The molecular weight excluding hydrogens is 521 g/mol. The zero-order chi connectivity index (χ0) is 26.3. The lowest BCUT2D eigenvalue weighted by Crippen LogP contribution is -2.31. The summed E-state index contributed by atoms with van der Waals surface area (Å²) in [6.45, 7) is 0. The van der Waals surface area contributed by atoms with Crippen LogP contribution >= 0.6 is 0 Å². The van der Waals surface area contributed by atoms with Gasteiger partial charge >= 0.3 is 0 Å². The maximum absolute atomic E-state index is 6.80. The van der Waals surface area contributed by atoms with Crippen LogP contribution in [0, 0.1) is 0 Å². The lowest BCUT2D eigenvalue weighted by molar-refractivity contribution is -0.0499. The van der Waals surface area contributed by atoms with E-state index in [0.29, 0.717) is 0 Å². The lowest BCUT2D eigenvalue weighted by Gasteiger charge is -2.27. The fourth-order valence-corrected chi connectivity index (χ4v) is 10.0. The van der Waals surface area contributed by atoms with Crippen LogP contribution in [0.3, 0.4) is 0 Å². The van der Waals surface area contributed by atoms with Gasteiger partial charge in [0.2, 0.25) is 0 Å².